The van der Waals surface area contributed by atoms with Crippen LogP contribution in [0.1, 0.15) is 5.56 Å². The number of fused-ring (bicyclic) bond motifs is 3. The zero-order chi connectivity index (χ0) is 16.7. The highest BCUT2D eigenvalue weighted by Gasteiger charge is 2.11. The highest BCUT2D eigenvalue weighted by atomic mass is 32.1. The molecule has 5 nitrogen and oxygen atoms in total. The number of hydrogen-bond acceptors (Lipinski definition) is 5. The molecule has 2 aromatic carbocycles. The van der Waals surface area contributed by atoms with Gasteiger partial charge in [0.25, 0.3) is 5.56 Å². The number of hydrogen-bond donors (Lipinski definition) is 0. The van der Waals surface area contributed by atoms with Crippen molar-refractivity contribution in [3.8, 4) is 11.5 Å². The van der Waals surface area contributed by atoms with Gasteiger partial charge in [-0.15, -0.1) is 0 Å². The van der Waals surface area contributed by atoms with Crippen LogP contribution in [0.4, 0.5) is 0 Å². The Hall–Kier alpha value is -2.86. The zero-order valence-electron chi connectivity index (χ0n) is 13.1. The fourth-order valence-corrected chi connectivity index (χ4v) is 3.68. The number of nitrogens with zero attached hydrogens (tertiary/aromatic N) is 2. The van der Waals surface area contributed by atoms with Gasteiger partial charge in [-0.1, -0.05) is 23.5 Å². The molecule has 4 aromatic rings. The van der Waals surface area contributed by atoms with E-state index in [0.29, 0.717) is 21.0 Å². The van der Waals surface area contributed by atoms with E-state index in [1.807, 2.05) is 48.5 Å². The van der Waals surface area contributed by atoms with Crippen LogP contribution in [0.15, 0.2) is 47.3 Å². The van der Waals surface area contributed by atoms with Crippen LogP contribution in [0.2, 0.25) is 0 Å². The maximum absolute atomic E-state index is 12.8. The van der Waals surface area contributed by atoms with Gasteiger partial charge in [-0.05, 0) is 36.4 Å². The number of imidazole rings is 1. The van der Waals surface area contributed by atoms with Crippen LogP contribution < -0.4 is 19.6 Å². The Morgan fingerprint density at radius 2 is 1.96 bits per heavy atom. The third kappa shape index (κ3) is 2.23. The van der Waals surface area contributed by atoms with Crippen molar-refractivity contribution >= 4 is 33.4 Å². The molecule has 0 saturated carbocycles. The summed E-state index contributed by atoms with van der Waals surface area (Å²) >= 11 is 1.36. The molecule has 0 saturated heterocycles. The van der Waals surface area contributed by atoms with Crippen LogP contribution >= 0.6 is 11.3 Å². The summed E-state index contributed by atoms with van der Waals surface area (Å²) in [6.07, 6.45) is 1.82. The monoisotopic (exact) mass is 338 g/mol. The van der Waals surface area contributed by atoms with Crippen LogP contribution in [0.25, 0.3) is 22.1 Å². The third-order valence-electron chi connectivity index (χ3n) is 3.87. The number of aromatic nitrogens is 2. The summed E-state index contributed by atoms with van der Waals surface area (Å²) in [5, 5.41) is 0. The number of para-hydroxylation sites is 2. The Morgan fingerprint density at radius 3 is 2.75 bits per heavy atom. The molecule has 4 rings (SSSR count). The van der Waals surface area contributed by atoms with E-state index in [0.717, 1.165) is 16.6 Å². The molecule has 0 amide bonds. The van der Waals surface area contributed by atoms with Crippen LogP contribution in [-0.4, -0.2) is 23.6 Å². The predicted molar refractivity (Wildman–Crippen MR) is 95.2 cm³/mol. The second kappa shape index (κ2) is 5.65. The van der Waals surface area contributed by atoms with Gasteiger partial charge < -0.3 is 9.47 Å². The standard InChI is InChI=1S/C18H14N2O3S/c1-22-12-7-8-15(23-2)11(9-12)10-16-17(21)20-14-6-4-3-5-13(14)19-18(20)24-16/h3-10H,1-2H3/b16-10+. The van der Waals surface area contributed by atoms with E-state index in [1.54, 1.807) is 18.6 Å². The average molecular weight is 338 g/mol. The minimum atomic E-state index is -0.0754. The molecule has 0 aliphatic carbocycles. The fourth-order valence-electron chi connectivity index (χ4n) is 2.71. The first-order valence-electron chi connectivity index (χ1n) is 7.35. The summed E-state index contributed by atoms with van der Waals surface area (Å²) < 4.78 is 12.9. The molecule has 2 heterocycles. The van der Waals surface area contributed by atoms with Gasteiger partial charge in [0.05, 0.1) is 29.8 Å². The van der Waals surface area contributed by atoms with E-state index >= 15 is 0 Å². The molecule has 2 aromatic heterocycles. The number of ether oxygens (including phenoxy) is 2. The van der Waals surface area contributed by atoms with Crippen molar-refractivity contribution in [1.29, 1.82) is 0 Å². The quantitative estimate of drug-likeness (QED) is 0.576. The molecule has 0 radical (unpaired) electrons. The molecule has 6 heteroatoms. The molecule has 0 N–H and O–H groups in total. The van der Waals surface area contributed by atoms with Crippen LogP contribution in [-0.2, 0) is 0 Å². The number of methoxy groups -OCH3 is 2. The topological polar surface area (TPSA) is 52.8 Å². The Labute approximate surface area is 141 Å². The van der Waals surface area contributed by atoms with Crippen LogP contribution in [0.3, 0.4) is 0 Å². The Bertz CT molecular complexity index is 1160. The predicted octanol–water partition coefficient (Wildman–Crippen LogP) is 2.47. The highest BCUT2D eigenvalue weighted by molar-refractivity contribution is 7.15. The van der Waals surface area contributed by atoms with Crippen LogP contribution in [0, 0.1) is 0 Å². The van der Waals surface area contributed by atoms with Gasteiger partial charge in [0.1, 0.15) is 11.5 Å². The summed E-state index contributed by atoms with van der Waals surface area (Å²) in [4.78, 5) is 18.0. The minimum absolute atomic E-state index is 0.0754. The molecule has 24 heavy (non-hydrogen) atoms. The van der Waals surface area contributed by atoms with Gasteiger partial charge in [-0.25, -0.2) is 9.38 Å². The first kappa shape index (κ1) is 14.7. The first-order valence-corrected chi connectivity index (χ1v) is 8.16. The third-order valence-corrected chi connectivity index (χ3v) is 4.84. The van der Waals surface area contributed by atoms with E-state index in [4.69, 9.17) is 9.47 Å². The molecule has 0 atom stereocenters. The number of thiazole rings is 1. The fraction of sp³-hybridized carbons (Fsp3) is 0.111. The number of rotatable bonds is 3. The smallest absolute Gasteiger partial charge is 0.274 e. The van der Waals surface area contributed by atoms with Crippen molar-refractivity contribution in [3.63, 3.8) is 0 Å². The number of benzene rings is 2. The van der Waals surface area contributed by atoms with Crippen molar-refractivity contribution in [2.75, 3.05) is 14.2 Å². The molecule has 0 unspecified atom stereocenters. The molecular formula is C18H14N2O3S. The Morgan fingerprint density at radius 1 is 1.12 bits per heavy atom. The summed E-state index contributed by atoms with van der Waals surface area (Å²) in [6.45, 7) is 0. The lowest BCUT2D eigenvalue weighted by Crippen LogP contribution is -2.22. The lowest BCUT2D eigenvalue weighted by molar-refractivity contribution is 0.402. The summed E-state index contributed by atoms with van der Waals surface area (Å²) in [6, 6.07) is 13.1. The molecule has 0 bridgehead atoms. The summed E-state index contributed by atoms with van der Waals surface area (Å²) in [5.74, 6) is 1.40. The normalized spacial score (nSPS) is 12.2. The average Bonchev–Trinajstić information content (AvgIpc) is 3.11. The zero-order valence-corrected chi connectivity index (χ0v) is 14.0. The lowest BCUT2D eigenvalue weighted by Gasteiger charge is -2.06. The van der Waals surface area contributed by atoms with Gasteiger partial charge >= 0.3 is 0 Å². The van der Waals surface area contributed by atoms with E-state index in [2.05, 4.69) is 4.98 Å². The van der Waals surface area contributed by atoms with Crippen molar-refractivity contribution in [2.45, 2.75) is 0 Å². The Balaban J connectivity index is 1.98. The van der Waals surface area contributed by atoms with Gasteiger partial charge in [0.15, 0.2) is 4.96 Å². The molecule has 120 valence electrons. The maximum Gasteiger partial charge on any atom is 0.274 e. The van der Waals surface area contributed by atoms with E-state index < -0.39 is 0 Å². The van der Waals surface area contributed by atoms with Gasteiger partial charge in [-0.2, -0.15) is 0 Å². The largest absolute Gasteiger partial charge is 0.497 e. The molecule has 0 spiro atoms. The highest BCUT2D eigenvalue weighted by Crippen LogP contribution is 2.24. The first-order chi connectivity index (χ1) is 11.7. The van der Waals surface area contributed by atoms with Crippen molar-refractivity contribution in [2.24, 2.45) is 0 Å². The van der Waals surface area contributed by atoms with Gasteiger partial charge in [-0.3, -0.25) is 4.79 Å². The molecule has 0 fully saturated rings. The Kier molecular flexibility index (Phi) is 3.46. The summed E-state index contributed by atoms with van der Waals surface area (Å²) in [5.41, 5.74) is 2.37. The van der Waals surface area contributed by atoms with Crippen molar-refractivity contribution < 1.29 is 9.47 Å². The van der Waals surface area contributed by atoms with E-state index in [9.17, 15) is 4.79 Å². The summed E-state index contributed by atoms with van der Waals surface area (Å²) in [7, 11) is 3.21. The molecular weight excluding hydrogens is 324 g/mol. The van der Waals surface area contributed by atoms with Gasteiger partial charge in [0, 0.05) is 5.56 Å². The van der Waals surface area contributed by atoms with E-state index in [1.165, 1.54) is 11.3 Å². The van der Waals surface area contributed by atoms with E-state index in [-0.39, 0.29) is 5.56 Å². The second-order valence-corrected chi connectivity index (χ2v) is 6.25. The van der Waals surface area contributed by atoms with Crippen molar-refractivity contribution in [3.05, 3.63) is 62.9 Å². The van der Waals surface area contributed by atoms with Crippen LogP contribution in [0.5, 0.6) is 11.5 Å². The molecule has 0 aliphatic rings. The maximum atomic E-state index is 12.8. The second-order valence-electron chi connectivity index (χ2n) is 5.24. The lowest BCUT2D eigenvalue weighted by atomic mass is 10.2. The van der Waals surface area contributed by atoms with Crippen molar-refractivity contribution in [1.82, 2.24) is 9.38 Å². The SMILES string of the molecule is COc1ccc(OC)c(/C=c2/sc3nc4ccccc4n3c2=O)c1. The minimum Gasteiger partial charge on any atom is -0.497 e. The van der Waals surface area contributed by atoms with Gasteiger partial charge in [0.2, 0.25) is 0 Å². The molecule has 0 aliphatic heterocycles.